The molecule has 8 heteroatoms. The molecule has 1 N–H and O–H groups in total. The molecule has 168 valence electrons. The lowest BCUT2D eigenvalue weighted by atomic mass is 10.1. The molecule has 0 unspecified atom stereocenters. The second-order valence-corrected chi connectivity index (χ2v) is 7.37. The molecule has 1 atom stereocenters. The standard InChI is InChI=1S/C25H23N3O5/c1-16(17-7-5-4-6-8-17)32-25(30)27-23-22(26-15-28(23)2)19-11-9-18(10-12-19)20-13-14-21(33-20)24(29)31-3/h4-16H,1-3H3,(H,27,30)/t16-/m1/s1. The summed E-state index contributed by atoms with van der Waals surface area (Å²) >= 11 is 0. The number of carbonyl (C=O) groups is 2. The molecule has 4 rings (SSSR count). The fourth-order valence-corrected chi connectivity index (χ4v) is 3.36. The van der Waals surface area contributed by atoms with Gasteiger partial charge in [0.15, 0.2) is 0 Å². The van der Waals surface area contributed by atoms with Crippen LogP contribution in [0.2, 0.25) is 0 Å². The number of benzene rings is 2. The molecule has 33 heavy (non-hydrogen) atoms. The number of aromatic nitrogens is 2. The van der Waals surface area contributed by atoms with Gasteiger partial charge in [0.1, 0.15) is 23.4 Å². The summed E-state index contributed by atoms with van der Waals surface area (Å²) in [5, 5.41) is 2.80. The lowest BCUT2D eigenvalue weighted by molar-refractivity contribution is 0.0566. The summed E-state index contributed by atoms with van der Waals surface area (Å²) in [6.07, 6.45) is 0.651. The Morgan fingerprint density at radius 2 is 1.70 bits per heavy atom. The van der Waals surface area contributed by atoms with Crippen molar-refractivity contribution in [2.75, 3.05) is 12.4 Å². The molecular formula is C25H23N3O5. The van der Waals surface area contributed by atoms with Crippen LogP contribution in [0.3, 0.4) is 0 Å². The minimum Gasteiger partial charge on any atom is -0.463 e. The summed E-state index contributed by atoms with van der Waals surface area (Å²) in [5.74, 6) is 0.658. The molecule has 0 fully saturated rings. The van der Waals surface area contributed by atoms with E-state index in [9.17, 15) is 9.59 Å². The van der Waals surface area contributed by atoms with Gasteiger partial charge in [-0.3, -0.25) is 5.32 Å². The number of furan rings is 1. The number of esters is 1. The number of ether oxygens (including phenoxy) is 2. The van der Waals surface area contributed by atoms with E-state index in [0.717, 1.165) is 16.7 Å². The SMILES string of the molecule is COC(=O)c1ccc(-c2ccc(-c3ncn(C)c3NC(=O)O[C@H](C)c3ccccc3)cc2)o1. The number of methoxy groups -OCH3 is 1. The van der Waals surface area contributed by atoms with E-state index in [2.05, 4.69) is 15.0 Å². The van der Waals surface area contributed by atoms with Crippen LogP contribution in [-0.4, -0.2) is 28.7 Å². The number of nitrogens with one attached hydrogen (secondary N) is 1. The second kappa shape index (κ2) is 9.44. The molecule has 1 amide bonds. The molecule has 0 saturated carbocycles. The zero-order valence-corrected chi connectivity index (χ0v) is 18.4. The predicted molar refractivity (Wildman–Crippen MR) is 123 cm³/mol. The Bertz CT molecular complexity index is 1260. The van der Waals surface area contributed by atoms with Gasteiger partial charge in [-0.2, -0.15) is 0 Å². The van der Waals surface area contributed by atoms with Crippen molar-refractivity contribution in [1.82, 2.24) is 9.55 Å². The van der Waals surface area contributed by atoms with Crippen LogP contribution in [0.25, 0.3) is 22.6 Å². The Labute approximate surface area is 190 Å². The van der Waals surface area contributed by atoms with Crippen molar-refractivity contribution in [3.05, 3.63) is 84.4 Å². The smallest absolute Gasteiger partial charge is 0.413 e. The molecule has 2 heterocycles. The van der Waals surface area contributed by atoms with E-state index >= 15 is 0 Å². The van der Waals surface area contributed by atoms with Crippen LogP contribution in [0.15, 0.2) is 77.5 Å². The summed E-state index contributed by atoms with van der Waals surface area (Å²) < 4.78 is 17.5. The Morgan fingerprint density at radius 3 is 2.39 bits per heavy atom. The largest absolute Gasteiger partial charge is 0.463 e. The molecular weight excluding hydrogens is 422 g/mol. The topological polar surface area (TPSA) is 95.6 Å². The van der Waals surface area contributed by atoms with E-state index in [0.29, 0.717) is 17.3 Å². The number of hydrogen-bond acceptors (Lipinski definition) is 6. The van der Waals surface area contributed by atoms with E-state index < -0.39 is 18.2 Å². The first-order valence-electron chi connectivity index (χ1n) is 10.3. The van der Waals surface area contributed by atoms with Gasteiger partial charge in [-0.1, -0.05) is 54.6 Å². The van der Waals surface area contributed by atoms with Gasteiger partial charge < -0.3 is 18.5 Å². The van der Waals surface area contributed by atoms with Crippen LogP contribution in [-0.2, 0) is 16.5 Å². The number of aryl methyl sites for hydroxylation is 1. The van der Waals surface area contributed by atoms with Gasteiger partial charge >= 0.3 is 12.1 Å². The van der Waals surface area contributed by atoms with Crippen molar-refractivity contribution in [2.24, 2.45) is 7.05 Å². The van der Waals surface area contributed by atoms with E-state index in [-0.39, 0.29) is 5.76 Å². The molecule has 0 spiro atoms. The van der Waals surface area contributed by atoms with E-state index in [1.54, 1.807) is 30.1 Å². The van der Waals surface area contributed by atoms with Gasteiger partial charge in [-0.25, -0.2) is 14.6 Å². The Morgan fingerprint density at radius 1 is 1.00 bits per heavy atom. The fourth-order valence-electron chi connectivity index (χ4n) is 3.36. The first-order valence-corrected chi connectivity index (χ1v) is 10.3. The van der Waals surface area contributed by atoms with Crippen molar-refractivity contribution in [3.63, 3.8) is 0 Å². The lowest BCUT2D eigenvalue weighted by Gasteiger charge is -2.15. The summed E-state index contributed by atoms with van der Waals surface area (Å²) in [5.41, 5.74) is 3.09. The van der Waals surface area contributed by atoms with Crippen LogP contribution in [0.4, 0.5) is 10.6 Å². The Kier molecular flexibility index (Phi) is 6.26. The number of anilines is 1. The van der Waals surface area contributed by atoms with Crippen LogP contribution < -0.4 is 5.32 Å². The zero-order chi connectivity index (χ0) is 23.4. The first-order chi connectivity index (χ1) is 16.0. The van der Waals surface area contributed by atoms with Crippen LogP contribution >= 0.6 is 0 Å². The van der Waals surface area contributed by atoms with Gasteiger partial charge in [0.25, 0.3) is 0 Å². The summed E-state index contributed by atoms with van der Waals surface area (Å²) in [6, 6.07) is 20.2. The Balaban J connectivity index is 1.50. The first kappa shape index (κ1) is 21.9. The highest BCUT2D eigenvalue weighted by molar-refractivity contribution is 5.89. The number of hydrogen-bond donors (Lipinski definition) is 1. The molecule has 8 nitrogen and oxygen atoms in total. The van der Waals surface area contributed by atoms with Crippen LogP contribution in [0, 0.1) is 0 Å². The quantitative estimate of drug-likeness (QED) is 0.397. The van der Waals surface area contributed by atoms with E-state index in [4.69, 9.17) is 9.15 Å². The molecule has 0 bridgehead atoms. The summed E-state index contributed by atoms with van der Waals surface area (Å²) in [6.45, 7) is 1.82. The highest BCUT2D eigenvalue weighted by Crippen LogP contribution is 2.30. The van der Waals surface area contributed by atoms with E-state index in [1.807, 2.05) is 61.5 Å². The summed E-state index contributed by atoms with van der Waals surface area (Å²) in [4.78, 5) is 28.6. The second-order valence-electron chi connectivity index (χ2n) is 7.37. The van der Waals surface area contributed by atoms with Crippen molar-refractivity contribution in [2.45, 2.75) is 13.0 Å². The van der Waals surface area contributed by atoms with Crippen molar-refractivity contribution < 1.29 is 23.5 Å². The van der Waals surface area contributed by atoms with E-state index in [1.165, 1.54) is 7.11 Å². The van der Waals surface area contributed by atoms with Crippen molar-refractivity contribution in [3.8, 4) is 22.6 Å². The van der Waals surface area contributed by atoms with Crippen molar-refractivity contribution in [1.29, 1.82) is 0 Å². The van der Waals surface area contributed by atoms with Crippen LogP contribution in [0.5, 0.6) is 0 Å². The average Bonchev–Trinajstić information content (AvgIpc) is 3.47. The van der Waals surface area contributed by atoms with Gasteiger partial charge in [-0.15, -0.1) is 0 Å². The molecule has 2 aromatic carbocycles. The zero-order valence-electron chi connectivity index (χ0n) is 18.4. The fraction of sp³-hybridized carbons (Fsp3) is 0.160. The average molecular weight is 445 g/mol. The van der Waals surface area contributed by atoms with Crippen molar-refractivity contribution >= 4 is 17.9 Å². The van der Waals surface area contributed by atoms with Gasteiger partial charge in [-0.05, 0) is 24.6 Å². The number of imidazole rings is 1. The third-order valence-electron chi connectivity index (χ3n) is 5.15. The number of amides is 1. The lowest BCUT2D eigenvalue weighted by Crippen LogP contribution is -2.18. The number of carbonyl (C=O) groups excluding carboxylic acids is 2. The predicted octanol–water partition coefficient (Wildman–Crippen LogP) is 5.44. The minimum atomic E-state index is -0.571. The van der Waals surface area contributed by atoms with Gasteiger partial charge in [0.05, 0.1) is 13.4 Å². The molecule has 0 radical (unpaired) electrons. The van der Waals surface area contributed by atoms with Crippen LogP contribution in [0.1, 0.15) is 29.1 Å². The monoisotopic (exact) mass is 445 g/mol. The molecule has 0 aliphatic heterocycles. The molecule has 0 saturated heterocycles. The number of nitrogens with zero attached hydrogens (tertiary/aromatic N) is 2. The number of rotatable bonds is 6. The molecule has 0 aliphatic carbocycles. The summed E-state index contributed by atoms with van der Waals surface area (Å²) in [7, 11) is 3.09. The highest BCUT2D eigenvalue weighted by Gasteiger charge is 2.18. The molecule has 0 aliphatic rings. The molecule has 4 aromatic rings. The maximum Gasteiger partial charge on any atom is 0.413 e. The highest BCUT2D eigenvalue weighted by atomic mass is 16.6. The van der Waals surface area contributed by atoms with Gasteiger partial charge in [0, 0.05) is 18.2 Å². The maximum absolute atomic E-state index is 12.5. The Hall–Kier alpha value is -4.33. The third-order valence-corrected chi connectivity index (χ3v) is 5.15. The molecule has 2 aromatic heterocycles. The maximum atomic E-state index is 12.5. The van der Waals surface area contributed by atoms with Gasteiger partial charge in [0.2, 0.25) is 5.76 Å². The third kappa shape index (κ3) is 4.79. The minimum absolute atomic E-state index is 0.135. The normalized spacial score (nSPS) is 11.6.